The molecular weight excluding hydrogens is 480 g/mol. The average Bonchev–Trinajstić information content (AvgIpc) is 2.74. The van der Waals surface area contributed by atoms with Gasteiger partial charge in [0, 0.05) is 6.42 Å². The lowest BCUT2D eigenvalue weighted by molar-refractivity contribution is -0.227. The first kappa shape index (κ1) is 23.3. The Hall–Kier alpha value is -1.46. The van der Waals surface area contributed by atoms with Gasteiger partial charge in [-0.05, 0) is 156 Å². The number of rotatable bonds is 4. The summed E-state index contributed by atoms with van der Waals surface area (Å²) in [6.07, 6.45) is 18.5. The van der Waals surface area contributed by atoms with Crippen LogP contribution in [0.2, 0.25) is 0 Å². The molecule has 12 saturated carbocycles. The number of hydrogen-bond acceptors (Lipinski definition) is 6. The summed E-state index contributed by atoms with van der Waals surface area (Å²) in [6.45, 7) is 0. The molecule has 12 fully saturated rings. The molecule has 6 nitrogen and oxygen atoms in total. The summed E-state index contributed by atoms with van der Waals surface area (Å²) in [4.78, 5) is 26.8. The van der Waals surface area contributed by atoms with Gasteiger partial charge in [0.25, 0.3) is 0 Å². The van der Waals surface area contributed by atoms with Crippen molar-refractivity contribution in [3.63, 3.8) is 0 Å². The zero-order valence-electron chi connectivity index (χ0n) is 22.8. The molecule has 12 rings (SSSR count). The van der Waals surface area contributed by atoms with Gasteiger partial charge in [-0.15, -0.1) is 0 Å². The molecule has 12 bridgehead atoms. The molecule has 0 amide bonds. The number of carbonyl (C=O) groups is 2. The maximum absolute atomic E-state index is 13.4. The zero-order valence-corrected chi connectivity index (χ0v) is 22.8. The number of carbonyl (C=O) groups excluding carboxylic acids is 2. The first-order valence-electron chi connectivity index (χ1n) is 16.1. The van der Waals surface area contributed by atoms with E-state index in [1.54, 1.807) is 0 Å². The Kier molecular flexibility index (Phi) is 4.67. The molecule has 0 aromatic heterocycles. The van der Waals surface area contributed by atoms with Crippen LogP contribution in [0, 0.1) is 47.3 Å². The monoisotopic (exact) mass is 524 g/mol. The summed E-state index contributed by atoms with van der Waals surface area (Å²) in [6, 6.07) is 0. The fourth-order valence-electron chi connectivity index (χ4n) is 13.4. The minimum atomic E-state index is -0.551. The molecule has 38 heavy (non-hydrogen) atoms. The van der Waals surface area contributed by atoms with E-state index >= 15 is 0 Å². The van der Waals surface area contributed by atoms with Crippen LogP contribution < -0.4 is 0 Å². The van der Waals surface area contributed by atoms with Gasteiger partial charge in [-0.1, -0.05) is 0 Å². The van der Waals surface area contributed by atoms with E-state index in [-0.39, 0.29) is 11.2 Å². The summed E-state index contributed by atoms with van der Waals surface area (Å²) in [5, 5.41) is 0. The van der Waals surface area contributed by atoms with Crippen molar-refractivity contribution < 1.29 is 28.5 Å². The molecule has 6 heteroatoms. The van der Waals surface area contributed by atoms with Crippen molar-refractivity contribution in [3.8, 4) is 0 Å². The normalized spacial score (nSPS) is 56.2. The highest BCUT2D eigenvalue weighted by Gasteiger charge is 2.63. The van der Waals surface area contributed by atoms with Crippen LogP contribution in [0.15, 0.2) is 0 Å². The SMILES string of the molecule is O=C(OC12CC3CC(CC(C3)C1)C2)OC12CC3CC(C1)CC(OC(=O)OC14CC5CC(CC(C5)C1)C4)(C3)C2. The van der Waals surface area contributed by atoms with Crippen LogP contribution in [0.5, 0.6) is 0 Å². The Morgan fingerprint density at radius 2 is 0.605 bits per heavy atom. The Balaban J connectivity index is 0.893. The van der Waals surface area contributed by atoms with E-state index in [9.17, 15) is 9.59 Å². The molecule has 0 aromatic carbocycles. The molecule has 0 saturated heterocycles. The van der Waals surface area contributed by atoms with E-state index < -0.39 is 23.5 Å². The minimum absolute atomic E-state index is 0.288. The lowest BCUT2D eigenvalue weighted by atomic mass is 9.52. The van der Waals surface area contributed by atoms with E-state index in [0.29, 0.717) is 18.3 Å². The lowest BCUT2D eigenvalue weighted by Gasteiger charge is -2.60. The molecule has 0 aromatic rings. The summed E-state index contributed by atoms with van der Waals surface area (Å²) >= 11 is 0. The van der Waals surface area contributed by atoms with Crippen LogP contribution in [0.3, 0.4) is 0 Å². The average molecular weight is 525 g/mol. The van der Waals surface area contributed by atoms with Crippen LogP contribution in [0.4, 0.5) is 9.59 Å². The van der Waals surface area contributed by atoms with Crippen molar-refractivity contribution in [2.45, 2.75) is 138 Å². The van der Waals surface area contributed by atoms with Crippen molar-refractivity contribution >= 4 is 12.3 Å². The largest absolute Gasteiger partial charge is 0.509 e. The highest BCUT2D eigenvalue weighted by Crippen LogP contribution is 2.62. The number of hydrogen-bond donors (Lipinski definition) is 0. The fraction of sp³-hybridized carbons (Fsp3) is 0.938. The van der Waals surface area contributed by atoms with Crippen molar-refractivity contribution in [2.75, 3.05) is 0 Å². The molecule has 0 aliphatic heterocycles. The molecule has 0 N–H and O–H groups in total. The number of ether oxygens (including phenoxy) is 4. The first-order valence-corrected chi connectivity index (χ1v) is 16.1. The summed E-state index contributed by atoms with van der Waals surface area (Å²) < 4.78 is 25.2. The Morgan fingerprint density at radius 1 is 0.368 bits per heavy atom. The van der Waals surface area contributed by atoms with Gasteiger partial charge >= 0.3 is 12.3 Å². The molecule has 0 atom stereocenters. The maximum Gasteiger partial charge on any atom is 0.509 e. The predicted octanol–water partition coefficient (Wildman–Crippen LogP) is 7.32. The third-order valence-corrected chi connectivity index (χ3v) is 13.1. The smallest absolute Gasteiger partial charge is 0.428 e. The van der Waals surface area contributed by atoms with Crippen LogP contribution in [-0.4, -0.2) is 34.7 Å². The first-order chi connectivity index (χ1) is 18.2. The van der Waals surface area contributed by atoms with E-state index in [2.05, 4.69) is 0 Å². The highest BCUT2D eigenvalue weighted by atomic mass is 16.8. The second kappa shape index (κ2) is 7.63. The Labute approximate surface area is 226 Å². The molecule has 0 spiro atoms. The second-order valence-electron chi connectivity index (χ2n) is 16.4. The minimum Gasteiger partial charge on any atom is -0.428 e. The van der Waals surface area contributed by atoms with Gasteiger partial charge in [-0.3, -0.25) is 0 Å². The van der Waals surface area contributed by atoms with Gasteiger partial charge in [-0.25, -0.2) is 9.59 Å². The van der Waals surface area contributed by atoms with Gasteiger partial charge in [0.15, 0.2) is 0 Å². The van der Waals surface area contributed by atoms with Gasteiger partial charge in [-0.2, -0.15) is 0 Å². The van der Waals surface area contributed by atoms with Crippen LogP contribution in [0.1, 0.15) is 116 Å². The standard InChI is InChI=1S/C32H44O6/c33-27(35-29-8-19-1-20(9-29)3-21(2-19)10-29)37-31-14-25-7-26(15-31)17-32(16-25,18-31)38-28(34)36-30-11-22-4-23(12-30)6-24(5-22)13-30/h19-26H,1-18H2. The molecule has 0 unspecified atom stereocenters. The predicted molar refractivity (Wildman–Crippen MR) is 137 cm³/mol. The van der Waals surface area contributed by atoms with Gasteiger partial charge in [0.05, 0.1) is 0 Å². The fourth-order valence-corrected chi connectivity index (χ4v) is 13.4. The van der Waals surface area contributed by atoms with E-state index in [1.807, 2.05) is 0 Å². The van der Waals surface area contributed by atoms with Crippen molar-refractivity contribution in [3.05, 3.63) is 0 Å². The maximum atomic E-state index is 13.4. The summed E-state index contributed by atoms with van der Waals surface area (Å²) in [5.41, 5.74) is -1.68. The Morgan fingerprint density at radius 3 is 0.921 bits per heavy atom. The molecule has 208 valence electrons. The molecule has 0 radical (unpaired) electrons. The summed E-state index contributed by atoms with van der Waals surface area (Å²) in [5.74, 6) is 5.24. The topological polar surface area (TPSA) is 71.1 Å². The van der Waals surface area contributed by atoms with E-state index in [1.165, 1.54) is 38.5 Å². The highest BCUT2D eigenvalue weighted by molar-refractivity contribution is 5.63. The van der Waals surface area contributed by atoms with Gasteiger partial charge in [0.2, 0.25) is 0 Å². The second-order valence-corrected chi connectivity index (χ2v) is 16.4. The van der Waals surface area contributed by atoms with Crippen LogP contribution >= 0.6 is 0 Å². The zero-order chi connectivity index (χ0) is 25.3. The molecule has 12 aliphatic carbocycles. The van der Waals surface area contributed by atoms with Crippen molar-refractivity contribution in [1.29, 1.82) is 0 Å². The lowest BCUT2D eigenvalue weighted by Crippen LogP contribution is -2.62. The Bertz CT molecular complexity index is 884. The van der Waals surface area contributed by atoms with Gasteiger partial charge in [0.1, 0.15) is 22.4 Å². The van der Waals surface area contributed by atoms with Crippen molar-refractivity contribution in [2.24, 2.45) is 47.3 Å². The van der Waals surface area contributed by atoms with Crippen molar-refractivity contribution in [1.82, 2.24) is 0 Å². The third kappa shape index (κ3) is 3.70. The molecule has 12 aliphatic rings. The van der Waals surface area contributed by atoms with Crippen LogP contribution in [0.25, 0.3) is 0 Å². The molecular formula is C32H44O6. The molecule has 0 heterocycles. The quantitative estimate of drug-likeness (QED) is 0.359. The third-order valence-electron chi connectivity index (χ3n) is 13.1. The van der Waals surface area contributed by atoms with E-state index in [0.717, 1.165) is 106 Å². The summed E-state index contributed by atoms with van der Waals surface area (Å²) in [7, 11) is 0. The van der Waals surface area contributed by atoms with E-state index in [4.69, 9.17) is 18.9 Å². The van der Waals surface area contributed by atoms with Crippen LogP contribution in [-0.2, 0) is 18.9 Å². The van der Waals surface area contributed by atoms with Gasteiger partial charge < -0.3 is 18.9 Å².